The Kier molecular flexibility index (Phi) is 5.91. The zero-order valence-electron chi connectivity index (χ0n) is 10.7. The number of nitrogens with zero attached hydrogens (tertiary/aromatic N) is 1. The Morgan fingerprint density at radius 1 is 1.47 bits per heavy atom. The predicted molar refractivity (Wildman–Crippen MR) is 71.2 cm³/mol. The molecule has 2 N–H and O–H groups in total. The van der Waals surface area contributed by atoms with Gasteiger partial charge in [0.05, 0.1) is 5.75 Å². The molecule has 0 aliphatic rings. The molecule has 7 heteroatoms. The van der Waals surface area contributed by atoms with Crippen molar-refractivity contribution in [2.45, 2.75) is 32.2 Å². The van der Waals surface area contributed by atoms with Crippen LogP contribution < -0.4 is 4.72 Å². The highest BCUT2D eigenvalue weighted by atomic mass is 32.2. The van der Waals surface area contributed by atoms with E-state index in [4.69, 9.17) is 5.11 Å². The highest BCUT2D eigenvalue weighted by Crippen LogP contribution is 2.02. The average Bonchev–Trinajstić information content (AvgIpc) is 2.37. The maximum absolute atomic E-state index is 11.8. The molecule has 0 bridgehead atoms. The summed E-state index contributed by atoms with van der Waals surface area (Å²) in [6.45, 7) is 1.80. The van der Waals surface area contributed by atoms with Gasteiger partial charge in [0.1, 0.15) is 6.04 Å². The molecule has 0 unspecified atom stereocenters. The molecule has 0 aliphatic carbocycles. The van der Waals surface area contributed by atoms with E-state index in [1.165, 1.54) is 0 Å². The largest absolute Gasteiger partial charge is 0.480 e. The Labute approximate surface area is 112 Å². The second-order valence-electron chi connectivity index (χ2n) is 4.19. The fourth-order valence-corrected chi connectivity index (χ4v) is 2.83. The first kappa shape index (κ1) is 15.6. The molecule has 0 radical (unpaired) electrons. The van der Waals surface area contributed by atoms with E-state index in [0.29, 0.717) is 12.1 Å². The molecular weight excluding hydrogens is 268 g/mol. The molecule has 0 saturated carbocycles. The second-order valence-corrected chi connectivity index (χ2v) is 6.06. The van der Waals surface area contributed by atoms with Crippen LogP contribution in [0, 0.1) is 0 Å². The molecule has 1 aromatic rings. The first-order valence-corrected chi connectivity index (χ1v) is 7.72. The SMILES string of the molecule is CCC[C@@H](NS(=O)(=O)CCc1ccccn1)C(=O)O. The van der Waals surface area contributed by atoms with Crippen molar-refractivity contribution in [3.63, 3.8) is 0 Å². The van der Waals surface area contributed by atoms with Crippen LogP contribution in [0.2, 0.25) is 0 Å². The number of sulfonamides is 1. The van der Waals surface area contributed by atoms with Gasteiger partial charge in [-0.3, -0.25) is 9.78 Å². The van der Waals surface area contributed by atoms with E-state index in [9.17, 15) is 13.2 Å². The van der Waals surface area contributed by atoms with Crippen molar-refractivity contribution in [1.29, 1.82) is 0 Å². The minimum atomic E-state index is -3.62. The van der Waals surface area contributed by atoms with Crippen LogP contribution in [0.4, 0.5) is 0 Å². The predicted octanol–water partition coefficient (Wildman–Crippen LogP) is 0.797. The summed E-state index contributed by atoms with van der Waals surface area (Å²) < 4.78 is 25.8. The van der Waals surface area contributed by atoms with Crippen LogP contribution in [-0.4, -0.2) is 36.3 Å². The molecular formula is C12H18N2O4S. The quantitative estimate of drug-likeness (QED) is 0.736. The Bertz CT molecular complexity index is 502. The van der Waals surface area contributed by atoms with Crippen LogP contribution in [-0.2, 0) is 21.2 Å². The Balaban J connectivity index is 2.58. The van der Waals surface area contributed by atoms with Gasteiger partial charge in [0, 0.05) is 18.3 Å². The number of aryl methyl sites for hydroxylation is 1. The maximum Gasteiger partial charge on any atom is 0.321 e. The van der Waals surface area contributed by atoms with Crippen molar-refractivity contribution in [3.05, 3.63) is 30.1 Å². The number of aliphatic carboxylic acids is 1. The highest BCUT2D eigenvalue weighted by Gasteiger charge is 2.22. The number of pyridine rings is 1. The lowest BCUT2D eigenvalue weighted by Crippen LogP contribution is -2.42. The first-order chi connectivity index (χ1) is 8.94. The number of hydrogen-bond acceptors (Lipinski definition) is 4. The van der Waals surface area contributed by atoms with E-state index in [2.05, 4.69) is 9.71 Å². The van der Waals surface area contributed by atoms with Crippen molar-refractivity contribution in [2.75, 3.05) is 5.75 Å². The van der Waals surface area contributed by atoms with E-state index < -0.39 is 22.0 Å². The number of nitrogens with one attached hydrogen (secondary N) is 1. The van der Waals surface area contributed by atoms with Crippen molar-refractivity contribution in [3.8, 4) is 0 Å². The summed E-state index contributed by atoms with van der Waals surface area (Å²) in [4.78, 5) is 14.9. The average molecular weight is 286 g/mol. The van der Waals surface area contributed by atoms with Gasteiger partial charge >= 0.3 is 5.97 Å². The van der Waals surface area contributed by atoms with Crippen LogP contribution >= 0.6 is 0 Å². The Morgan fingerprint density at radius 3 is 2.74 bits per heavy atom. The number of hydrogen-bond donors (Lipinski definition) is 2. The lowest BCUT2D eigenvalue weighted by molar-refractivity contribution is -0.139. The Hall–Kier alpha value is -1.47. The molecule has 6 nitrogen and oxygen atoms in total. The zero-order valence-corrected chi connectivity index (χ0v) is 11.6. The molecule has 1 rings (SSSR count). The van der Waals surface area contributed by atoms with Gasteiger partial charge in [0.2, 0.25) is 10.0 Å². The minimum Gasteiger partial charge on any atom is -0.480 e. The summed E-state index contributed by atoms with van der Waals surface area (Å²) in [5.41, 5.74) is 0.662. The molecule has 0 saturated heterocycles. The summed E-state index contributed by atoms with van der Waals surface area (Å²) in [6, 6.07) is 4.20. The van der Waals surface area contributed by atoms with E-state index in [1.54, 1.807) is 31.3 Å². The van der Waals surface area contributed by atoms with Gasteiger partial charge in [-0.15, -0.1) is 0 Å². The standard InChI is InChI=1S/C12H18N2O4S/c1-2-5-11(12(15)16)14-19(17,18)9-7-10-6-3-4-8-13-10/h3-4,6,8,11,14H,2,5,7,9H2,1H3,(H,15,16)/t11-/m1/s1. The van der Waals surface area contributed by atoms with Crippen LogP contribution in [0.3, 0.4) is 0 Å². The number of aromatic nitrogens is 1. The minimum absolute atomic E-state index is 0.169. The fraction of sp³-hybridized carbons (Fsp3) is 0.500. The van der Waals surface area contributed by atoms with Gasteiger partial charge in [0.15, 0.2) is 0 Å². The monoisotopic (exact) mass is 286 g/mol. The topological polar surface area (TPSA) is 96.4 Å². The lowest BCUT2D eigenvalue weighted by atomic mass is 10.2. The zero-order chi connectivity index (χ0) is 14.3. The summed E-state index contributed by atoms with van der Waals surface area (Å²) >= 11 is 0. The maximum atomic E-state index is 11.8. The van der Waals surface area contributed by atoms with Gasteiger partial charge in [0.25, 0.3) is 0 Å². The van der Waals surface area contributed by atoms with Gasteiger partial charge in [-0.25, -0.2) is 13.1 Å². The molecule has 19 heavy (non-hydrogen) atoms. The lowest BCUT2D eigenvalue weighted by Gasteiger charge is -2.13. The van der Waals surface area contributed by atoms with E-state index >= 15 is 0 Å². The van der Waals surface area contributed by atoms with E-state index in [0.717, 1.165) is 0 Å². The normalized spacial score (nSPS) is 13.1. The fourth-order valence-electron chi connectivity index (χ4n) is 1.58. The Morgan fingerprint density at radius 2 is 2.21 bits per heavy atom. The molecule has 0 spiro atoms. The summed E-state index contributed by atoms with van der Waals surface area (Å²) in [7, 11) is -3.62. The van der Waals surface area contributed by atoms with Crippen LogP contribution in [0.1, 0.15) is 25.5 Å². The highest BCUT2D eigenvalue weighted by molar-refractivity contribution is 7.89. The molecule has 1 heterocycles. The van der Waals surface area contributed by atoms with Crippen LogP contribution in [0.25, 0.3) is 0 Å². The summed E-state index contributed by atoms with van der Waals surface area (Å²) in [5, 5.41) is 8.91. The molecule has 0 fully saturated rings. The molecule has 0 aromatic carbocycles. The molecule has 106 valence electrons. The molecule has 1 atom stereocenters. The summed E-state index contributed by atoms with van der Waals surface area (Å²) in [5.74, 6) is -1.32. The summed E-state index contributed by atoms with van der Waals surface area (Å²) in [6.07, 6.45) is 2.72. The second kappa shape index (κ2) is 7.20. The third kappa shape index (κ3) is 5.80. The van der Waals surface area contributed by atoms with Gasteiger partial charge in [-0.2, -0.15) is 0 Å². The molecule has 0 amide bonds. The number of carboxylic acid groups (broad SMARTS) is 1. The first-order valence-electron chi connectivity index (χ1n) is 6.07. The molecule has 1 aromatic heterocycles. The van der Waals surface area contributed by atoms with Crippen molar-refractivity contribution < 1.29 is 18.3 Å². The number of carbonyl (C=O) groups is 1. The van der Waals surface area contributed by atoms with Crippen molar-refractivity contribution in [1.82, 2.24) is 9.71 Å². The third-order valence-electron chi connectivity index (χ3n) is 2.55. The smallest absolute Gasteiger partial charge is 0.321 e. The van der Waals surface area contributed by atoms with Gasteiger partial charge in [-0.1, -0.05) is 19.4 Å². The molecule has 0 aliphatic heterocycles. The van der Waals surface area contributed by atoms with Crippen LogP contribution in [0.5, 0.6) is 0 Å². The van der Waals surface area contributed by atoms with Crippen LogP contribution in [0.15, 0.2) is 24.4 Å². The van der Waals surface area contributed by atoms with E-state index in [1.807, 2.05) is 0 Å². The number of carboxylic acids is 1. The van der Waals surface area contributed by atoms with E-state index in [-0.39, 0.29) is 18.6 Å². The van der Waals surface area contributed by atoms with Crippen molar-refractivity contribution in [2.24, 2.45) is 0 Å². The number of rotatable bonds is 8. The van der Waals surface area contributed by atoms with Gasteiger partial charge < -0.3 is 5.11 Å². The van der Waals surface area contributed by atoms with Gasteiger partial charge in [-0.05, 0) is 18.6 Å². The third-order valence-corrected chi connectivity index (χ3v) is 3.94. The van der Waals surface area contributed by atoms with Crippen molar-refractivity contribution >= 4 is 16.0 Å².